The highest BCUT2D eigenvalue weighted by molar-refractivity contribution is 5.58. The maximum Gasteiger partial charge on any atom is 0.143 e. The second-order valence-electron chi connectivity index (χ2n) is 3.78. The van der Waals surface area contributed by atoms with Gasteiger partial charge in [-0.2, -0.15) is 5.26 Å². The van der Waals surface area contributed by atoms with Gasteiger partial charge in [-0.3, -0.25) is 0 Å². The summed E-state index contributed by atoms with van der Waals surface area (Å²) in [4.78, 5) is 0. The molecular weight excluding hydrogens is 228 g/mol. The van der Waals surface area contributed by atoms with E-state index in [-0.39, 0.29) is 11.5 Å². The van der Waals surface area contributed by atoms with Gasteiger partial charge >= 0.3 is 0 Å². The zero-order chi connectivity index (χ0) is 13.0. The molecular formula is C14H12N2O2. The molecule has 2 aromatic rings. The minimum atomic E-state index is -0.723. The average Bonchev–Trinajstić information content (AvgIpc) is 2.39. The molecule has 90 valence electrons. The maximum absolute atomic E-state index is 9.71. The van der Waals surface area contributed by atoms with Crippen LogP contribution in [0.5, 0.6) is 11.5 Å². The standard InChI is InChI=1S/C14H12N2O2/c15-9-12(10-5-1-3-7-13(10)17)16-11-6-2-4-8-14(11)18/h1-8,12,16-18H. The second kappa shape index (κ2) is 5.11. The van der Waals surface area contributed by atoms with E-state index in [1.807, 2.05) is 0 Å². The Kier molecular flexibility index (Phi) is 3.35. The van der Waals surface area contributed by atoms with Crippen LogP contribution in [-0.2, 0) is 0 Å². The third-order valence-corrected chi connectivity index (χ3v) is 2.58. The minimum absolute atomic E-state index is 0.0481. The molecule has 0 aromatic heterocycles. The molecule has 3 N–H and O–H groups in total. The molecule has 2 rings (SSSR count). The van der Waals surface area contributed by atoms with Crippen molar-refractivity contribution in [1.29, 1.82) is 5.26 Å². The van der Waals surface area contributed by atoms with Gasteiger partial charge in [0.05, 0.1) is 11.8 Å². The van der Waals surface area contributed by atoms with Crippen LogP contribution in [0.15, 0.2) is 48.5 Å². The second-order valence-corrected chi connectivity index (χ2v) is 3.78. The summed E-state index contributed by atoms with van der Waals surface area (Å²) in [5.74, 6) is 0.111. The summed E-state index contributed by atoms with van der Waals surface area (Å²) in [5, 5.41) is 31.4. The zero-order valence-corrected chi connectivity index (χ0v) is 9.54. The largest absolute Gasteiger partial charge is 0.508 e. The highest BCUT2D eigenvalue weighted by Gasteiger charge is 2.15. The van der Waals surface area contributed by atoms with Gasteiger partial charge < -0.3 is 15.5 Å². The molecule has 0 spiro atoms. The lowest BCUT2D eigenvalue weighted by Gasteiger charge is -2.15. The average molecular weight is 240 g/mol. The van der Waals surface area contributed by atoms with Gasteiger partial charge in [0, 0.05) is 5.56 Å². The van der Waals surface area contributed by atoms with Crippen LogP contribution < -0.4 is 5.32 Å². The molecule has 18 heavy (non-hydrogen) atoms. The molecule has 0 fully saturated rings. The number of benzene rings is 2. The maximum atomic E-state index is 9.71. The van der Waals surface area contributed by atoms with Crippen LogP contribution in [0.1, 0.15) is 11.6 Å². The molecule has 0 heterocycles. The monoisotopic (exact) mass is 240 g/mol. The summed E-state index contributed by atoms with van der Waals surface area (Å²) in [6.45, 7) is 0. The molecule has 0 aliphatic carbocycles. The quantitative estimate of drug-likeness (QED) is 0.721. The molecule has 0 amide bonds. The Morgan fingerprint density at radius 2 is 1.56 bits per heavy atom. The van der Waals surface area contributed by atoms with Crippen molar-refractivity contribution < 1.29 is 10.2 Å². The predicted molar refractivity (Wildman–Crippen MR) is 68.2 cm³/mol. The van der Waals surface area contributed by atoms with Crippen LogP contribution in [0.2, 0.25) is 0 Å². The number of phenolic OH excluding ortho intramolecular Hbond substituents is 2. The molecule has 4 nitrogen and oxygen atoms in total. The first-order valence-corrected chi connectivity index (χ1v) is 5.44. The Morgan fingerprint density at radius 1 is 0.944 bits per heavy atom. The molecule has 1 unspecified atom stereocenters. The first kappa shape index (κ1) is 11.8. The number of aromatic hydroxyl groups is 2. The Labute approximate surface area is 105 Å². The van der Waals surface area contributed by atoms with Gasteiger partial charge in [-0.1, -0.05) is 30.3 Å². The molecule has 1 atom stereocenters. The van der Waals surface area contributed by atoms with Crippen molar-refractivity contribution in [1.82, 2.24) is 0 Å². The first-order chi connectivity index (χ1) is 8.72. The van der Waals surface area contributed by atoms with E-state index in [9.17, 15) is 10.2 Å². The number of nitriles is 1. The smallest absolute Gasteiger partial charge is 0.143 e. The summed E-state index contributed by atoms with van der Waals surface area (Å²) >= 11 is 0. The predicted octanol–water partition coefficient (Wildman–Crippen LogP) is 2.77. The number of nitrogens with one attached hydrogen (secondary N) is 1. The Bertz CT molecular complexity index is 590. The van der Waals surface area contributed by atoms with Gasteiger partial charge in [-0.05, 0) is 18.2 Å². The number of para-hydroxylation sites is 3. The van der Waals surface area contributed by atoms with E-state index < -0.39 is 6.04 Å². The normalized spacial score (nSPS) is 11.5. The SMILES string of the molecule is N#CC(Nc1ccccc1O)c1ccccc1O. The summed E-state index contributed by atoms with van der Waals surface area (Å²) < 4.78 is 0. The molecule has 2 aromatic carbocycles. The van der Waals surface area contributed by atoms with Crippen molar-refractivity contribution in [2.75, 3.05) is 5.32 Å². The molecule has 0 radical (unpaired) electrons. The van der Waals surface area contributed by atoms with Gasteiger partial charge in [0.2, 0.25) is 0 Å². The fourth-order valence-corrected chi connectivity index (χ4v) is 1.66. The highest BCUT2D eigenvalue weighted by atomic mass is 16.3. The molecule has 0 bridgehead atoms. The third kappa shape index (κ3) is 2.36. The summed E-state index contributed by atoms with van der Waals surface area (Å²) in [7, 11) is 0. The van der Waals surface area contributed by atoms with Crippen molar-refractivity contribution in [3.05, 3.63) is 54.1 Å². The Hall–Kier alpha value is -2.67. The van der Waals surface area contributed by atoms with Crippen molar-refractivity contribution in [3.63, 3.8) is 0 Å². The van der Waals surface area contributed by atoms with E-state index in [1.54, 1.807) is 36.4 Å². The van der Waals surface area contributed by atoms with Crippen molar-refractivity contribution in [2.45, 2.75) is 6.04 Å². The van der Waals surface area contributed by atoms with Gasteiger partial charge in [-0.25, -0.2) is 0 Å². The lowest BCUT2D eigenvalue weighted by molar-refractivity contribution is 0.466. The molecule has 4 heteroatoms. The zero-order valence-electron chi connectivity index (χ0n) is 9.54. The van der Waals surface area contributed by atoms with Crippen LogP contribution in [0.3, 0.4) is 0 Å². The highest BCUT2D eigenvalue weighted by Crippen LogP contribution is 2.30. The van der Waals surface area contributed by atoms with Gasteiger partial charge in [-0.15, -0.1) is 0 Å². The van der Waals surface area contributed by atoms with Gasteiger partial charge in [0.25, 0.3) is 0 Å². The first-order valence-electron chi connectivity index (χ1n) is 5.44. The molecule has 0 aliphatic rings. The third-order valence-electron chi connectivity index (χ3n) is 2.58. The lowest BCUT2D eigenvalue weighted by Crippen LogP contribution is -2.08. The lowest BCUT2D eigenvalue weighted by atomic mass is 10.1. The van der Waals surface area contributed by atoms with Gasteiger partial charge in [0.15, 0.2) is 0 Å². The minimum Gasteiger partial charge on any atom is -0.508 e. The van der Waals surface area contributed by atoms with Crippen LogP contribution in [-0.4, -0.2) is 10.2 Å². The van der Waals surface area contributed by atoms with Crippen molar-refractivity contribution in [2.24, 2.45) is 0 Å². The topological polar surface area (TPSA) is 76.3 Å². The number of phenols is 2. The van der Waals surface area contributed by atoms with E-state index in [1.165, 1.54) is 12.1 Å². The number of hydrogen-bond donors (Lipinski definition) is 3. The van der Waals surface area contributed by atoms with Crippen molar-refractivity contribution >= 4 is 5.69 Å². The van der Waals surface area contributed by atoms with E-state index in [0.29, 0.717) is 11.3 Å². The molecule has 0 aliphatic heterocycles. The van der Waals surface area contributed by atoms with E-state index >= 15 is 0 Å². The van der Waals surface area contributed by atoms with Crippen LogP contribution in [0, 0.1) is 11.3 Å². The van der Waals surface area contributed by atoms with Crippen molar-refractivity contribution in [3.8, 4) is 17.6 Å². The number of rotatable bonds is 3. The molecule has 0 saturated heterocycles. The Morgan fingerprint density at radius 3 is 2.17 bits per heavy atom. The fraction of sp³-hybridized carbons (Fsp3) is 0.0714. The van der Waals surface area contributed by atoms with E-state index in [2.05, 4.69) is 11.4 Å². The summed E-state index contributed by atoms with van der Waals surface area (Å²) in [6.07, 6.45) is 0. The van der Waals surface area contributed by atoms with Crippen LogP contribution in [0.4, 0.5) is 5.69 Å². The van der Waals surface area contributed by atoms with E-state index in [0.717, 1.165) is 0 Å². The number of hydrogen-bond acceptors (Lipinski definition) is 4. The summed E-state index contributed by atoms with van der Waals surface area (Å²) in [6, 6.07) is 14.6. The number of anilines is 1. The summed E-state index contributed by atoms with van der Waals surface area (Å²) in [5.41, 5.74) is 0.926. The molecule has 0 saturated carbocycles. The Balaban J connectivity index is 2.30. The fourth-order valence-electron chi connectivity index (χ4n) is 1.66. The van der Waals surface area contributed by atoms with Crippen LogP contribution >= 0.6 is 0 Å². The van der Waals surface area contributed by atoms with Crippen LogP contribution in [0.25, 0.3) is 0 Å². The van der Waals surface area contributed by atoms with Gasteiger partial charge in [0.1, 0.15) is 17.5 Å². The number of nitrogens with zero attached hydrogens (tertiary/aromatic N) is 1. The van der Waals surface area contributed by atoms with E-state index in [4.69, 9.17) is 5.26 Å².